The van der Waals surface area contributed by atoms with Crippen LogP contribution in [0.2, 0.25) is 0 Å². The summed E-state index contributed by atoms with van der Waals surface area (Å²) in [5.41, 5.74) is 1.56. The summed E-state index contributed by atoms with van der Waals surface area (Å²) in [5.74, 6) is 1.22. The number of aryl methyl sites for hydroxylation is 1. The van der Waals surface area contributed by atoms with Crippen LogP contribution in [-0.4, -0.2) is 52.7 Å². The Morgan fingerprint density at radius 2 is 1.88 bits per heavy atom. The van der Waals surface area contributed by atoms with Gasteiger partial charge in [-0.2, -0.15) is 4.31 Å². The van der Waals surface area contributed by atoms with Crippen LogP contribution in [0.25, 0.3) is 0 Å². The normalized spacial score (nSPS) is 14.3. The average Bonchev–Trinajstić information content (AvgIpc) is 3.50. The molecule has 1 saturated heterocycles. The molecule has 2 heterocycles. The zero-order valence-corrected chi connectivity index (χ0v) is 19.8. The fraction of sp³-hybridized carbons (Fsp3) is 0.318. The summed E-state index contributed by atoms with van der Waals surface area (Å²) in [7, 11) is -3.47. The Hall–Kier alpha value is -2.89. The maximum atomic E-state index is 12.6. The Balaban J connectivity index is 1.25. The molecular formula is C22H25N5O4S2. The number of carbonyl (C=O) groups excluding carboxylic acids is 1. The predicted molar refractivity (Wildman–Crippen MR) is 126 cm³/mol. The summed E-state index contributed by atoms with van der Waals surface area (Å²) in [4.78, 5) is 16.8. The van der Waals surface area contributed by atoms with Crippen molar-refractivity contribution < 1.29 is 17.9 Å². The Morgan fingerprint density at radius 3 is 2.61 bits per heavy atom. The number of anilines is 1. The molecule has 0 bridgehead atoms. The van der Waals surface area contributed by atoms with Crippen LogP contribution in [0.3, 0.4) is 0 Å². The van der Waals surface area contributed by atoms with Crippen LogP contribution in [-0.2, 0) is 21.4 Å². The topological polar surface area (TPSA) is 117 Å². The number of sulfonamides is 1. The van der Waals surface area contributed by atoms with Gasteiger partial charge < -0.3 is 10.1 Å². The van der Waals surface area contributed by atoms with Crippen molar-refractivity contribution in [3.05, 3.63) is 59.9 Å². The van der Waals surface area contributed by atoms with E-state index in [-0.39, 0.29) is 23.2 Å². The number of amides is 1. The lowest BCUT2D eigenvalue weighted by atomic mass is 10.2. The van der Waals surface area contributed by atoms with Gasteiger partial charge in [0.25, 0.3) is 0 Å². The molecule has 4 rings (SSSR count). The van der Waals surface area contributed by atoms with Crippen molar-refractivity contribution in [1.29, 1.82) is 0 Å². The minimum absolute atomic E-state index is 0.115. The number of para-hydroxylation sites is 1. The summed E-state index contributed by atoms with van der Waals surface area (Å²) in [6, 6.07) is 13.9. The molecule has 0 saturated carbocycles. The van der Waals surface area contributed by atoms with E-state index >= 15 is 0 Å². The van der Waals surface area contributed by atoms with Gasteiger partial charge in [-0.05, 0) is 55.7 Å². The number of H-pyrrole nitrogens is 1. The Bertz CT molecular complexity index is 1210. The molecule has 174 valence electrons. The van der Waals surface area contributed by atoms with Gasteiger partial charge in [-0.1, -0.05) is 30.0 Å². The number of nitrogens with one attached hydrogen (secondary N) is 2. The van der Waals surface area contributed by atoms with Crippen LogP contribution in [0.15, 0.2) is 58.6 Å². The molecule has 0 unspecified atom stereocenters. The molecule has 1 aromatic heterocycles. The van der Waals surface area contributed by atoms with Gasteiger partial charge in [-0.15, -0.1) is 5.10 Å². The first-order valence-corrected chi connectivity index (χ1v) is 13.0. The minimum Gasteiger partial charge on any atom is -0.485 e. The van der Waals surface area contributed by atoms with Gasteiger partial charge in [0, 0.05) is 18.8 Å². The highest BCUT2D eigenvalue weighted by Crippen LogP contribution is 2.23. The summed E-state index contributed by atoms with van der Waals surface area (Å²) in [6.45, 7) is 3.32. The zero-order chi connectivity index (χ0) is 23.3. The Labute approximate surface area is 197 Å². The molecule has 2 aromatic carbocycles. The molecular weight excluding hydrogens is 462 g/mol. The third-order valence-corrected chi connectivity index (χ3v) is 7.90. The van der Waals surface area contributed by atoms with Gasteiger partial charge in [0.1, 0.15) is 12.4 Å². The lowest BCUT2D eigenvalue weighted by molar-refractivity contribution is -0.113. The Kier molecular flexibility index (Phi) is 7.31. The quantitative estimate of drug-likeness (QED) is 0.445. The maximum Gasteiger partial charge on any atom is 0.243 e. The molecule has 2 N–H and O–H groups in total. The second kappa shape index (κ2) is 10.4. The molecule has 3 aromatic rings. The largest absolute Gasteiger partial charge is 0.485 e. The Morgan fingerprint density at radius 1 is 1.15 bits per heavy atom. The fourth-order valence-corrected chi connectivity index (χ4v) is 5.52. The highest BCUT2D eigenvalue weighted by atomic mass is 32.2. The van der Waals surface area contributed by atoms with E-state index in [1.807, 2.05) is 31.2 Å². The fourth-order valence-electron chi connectivity index (χ4n) is 3.39. The lowest BCUT2D eigenvalue weighted by Crippen LogP contribution is -2.27. The van der Waals surface area contributed by atoms with E-state index in [2.05, 4.69) is 20.5 Å². The smallest absolute Gasteiger partial charge is 0.243 e. The molecule has 1 aliphatic rings. The summed E-state index contributed by atoms with van der Waals surface area (Å²) < 4.78 is 32.4. The molecule has 0 radical (unpaired) electrons. The first-order chi connectivity index (χ1) is 15.9. The second-order valence-electron chi connectivity index (χ2n) is 7.59. The van der Waals surface area contributed by atoms with Crippen LogP contribution < -0.4 is 10.1 Å². The number of nitrogens with zero attached hydrogens (tertiary/aromatic N) is 3. The van der Waals surface area contributed by atoms with Crippen molar-refractivity contribution in [2.75, 3.05) is 24.2 Å². The number of ether oxygens (including phenoxy) is 1. The van der Waals surface area contributed by atoms with Crippen LogP contribution in [0.1, 0.15) is 24.2 Å². The number of hydrogen-bond acceptors (Lipinski definition) is 7. The monoisotopic (exact) mass is 487 g/mol. The van der Waals surface area contributed by atoms with E-state index in [9.17, 15) is 13.2 Å². The molecule has 33 heavy (non-hydrogen) atoms. The molecule has 0 spiro atoms. The number of carbonyl (C=O) groups is 1. The number of aromatic nitrogens is 3. The first-order valence-electron chi connectivity index (χ1n) is 10.5. The van der Waals surface area contributed by atoms with E-state index in [0.717, 1.165) is 24.2 Å². The van der Waals surface area contributed by atoms with E-state index in [0.29, 0.717) is 29.8 Å². The standard InChI is InChI=1S/C22H25N5O4S2/c1-16-6-2-3-7-19(16)31-14-20-24-22(26-25-20)32-15-21(28)23-17-8-10-18(11-9-17)33(29,30)27-12-4-5-13-27/h2-3,6-11H,4-5,12-15H2,1H3,(H,23,28)(H,24,25,26). The number of thioether (sulfide) groups is 1. The predicted octanol–water partition coefficient (Wildman–Crippen LogP) is 3.21. The number of aromatic amines is 1. The van der Waals surface area contributed by atoms with Crippen LogP contribution >= 0.6 is 11.8 Å². The van der Waals surface area contributed by atoms with Gasteiger partial charge >= 0.3 is 0 Å². The van der Waals surface area contributed by atoms with Crippen molar-refractivity contribution in [3.8, 4) is 5.75 Å². The molecule has 9 nitrogen and oxygen atoms in total. The van der Waals surface area contributed by atoms with Crippen molar-refractivity contribution in [3.63, 3.8) is 0 Å². The third-order valence-electron chi connectivity index (χ3n) is 5.14. The second-order valence-corrected chi connectivity index (χ2v) is 10.5. The van der Waals surface area contributed by atoms with Crippen molar-refractivity contribution in [2.45, 2.75) is 36.4 Å². The SMILES string of the molecule is Cc1ccccc1OCc1nc(SCC(=O)Nc2ccc(S(=O)(=O)N3CCCC3)cc2)n[nH]1. The van der Waals surface area contributed by atoms with E-state index in [4.69, 9.17) is 4.74 Å². The molecule has 1 fully saturated rings. The van der Waals surface area contributed by atoms with Crippen LogP contribution in [0.4, 0.5) is 5.69 Å². The van der Waals surface area contributed by atoms with Crippen LogP contribution in [0, 0.1) is 6.92 Å². The van der Waals surface area contributed by atoms with E-state index in [1.54, 1.807) is 12.1 Å². The number of hydrogen-bond donors (Lipinski definition) is 2. The lowest BCUT2D eigenvalue weighted by Gasteiger charge is -2.15. The highest BCUT2D eigenvalue weighted by molar-refractivity contribution is 7.99. The minimum atomic E-state index is -3.47. The number of benzene rings is 2. The highest BCUT2D eigenvalue weighted by Gasteiger charge is 2.26. The zero-order valence-electron chi connectivity index (χ0n) is 18.2. The summed E-state index contributed by atoms with van der Waals surface area (Å²) in [6.07, 6.45) is 1.77. The maximum absolute atomic E-state index is 12.6. The molecule has 11 heteroatoms. The van der Waals surface area contributed by atoms with Gasteiger partial charge in [-0.25, -0.2) is 13.4 Å². The number of rotatable bonds is 9. The van der Waals surface area contributed by atoms with Crippen molar-refractivity contribution in [2.24, 2.45) is 0 Å². The van der Waals surface area contributed by atoms with Gasteiger partial charge in [-0.3, -0.25) is 9.89 Å². The van der Waals surface area contributed by atoms with Crippen molar-refractivity contribution >= 4 is 33.4 Å². The molecule has 1 amide bonds. The van der Waals surface area contributed by atoms with E-state index in [1.165, 1.54) is 28.2 Å². The van der Waals surface area contributed by atoms with Gasteiger partial charge in [0.05, 0.1) is 10.6 Å². The van der Waals surface area contributed by atoms with Crippen LogP contribution in [0.5, 0.6) is 5.75 Å². The van der Waals surface area contributed by atoms with Gasteiger partial charge in [0.15, 0.2) is 5.82 Å². The summed E-state index contributed by atoms with van der Waals surface area (Å²) >= 11 is 1.19. The average molecular weight is 488 g/mol. The first kappa shape index (κ1) is 23.3. The third kappa shape index (κ3) is 5.92. The van der Waals surface area contributed by atoms with Gasteiger partial charge in [0.2, 0.25) is 21.1 Å². The van der Waals surface area contributed by atoms with Crippen molar-refractivity contribution in [1.82, 2.24) is 19.5 Å². The molecule has 1 aliphatic heterocycles. The summed E-state index contributed by atoms with van der Waals surface area (Å²) in [5, 5.41) is 10.1. The van der Waals surface area contributed by atoms with E-state index < -0.39 is 10.0 Å². The molecule has 0 atom stereocenters. The molecule has 0 aliphatic carbocycles.